The molecule has 1 aliphatic carbocycles. The molecule has 0 radical (unpaired) electrons. The summed E-state index contributed by atoms with van der Waals surface area (Å²) in [6.45, 7) is 4.21. The van der Waals surface area contributed by atoms with E-state index >= 15 is 0 Å². The third kappa shape index (κ3) is 3.87. The lowest BCUT2D eigenvalue weighted by Crippen LogP contribution is -2.40. The van der Waals surface area contributed by atoms with Crippen LogP contribution in [-0.2, 0) is 0 Å². The molecule has 4 heteroatoms. The summed E-state index contributed by atoms with van der Waals surface area (Å²) in [4.78, 5) is 0. The van der Waals surface area contributed by atoms with E-state index in [1.165, 1.54) is 0 Å². The first kappa shape index (κ1) is 14.8. The van der Waals surface area contributed by atoms with Gasteiger partial charge in [0, 0.05) is 6.04 Å². The highest BCUT2D eigenvalue weighted by molar-refractivity contribution is 4.85. The van der Waals surface area contributed by atoms with Gasteiger partial charge in [-0.25, -0.2) is 0 Å². The lowest BCUT2D eigenvalue weighted by molar-refractivity contribution is -0.184. The summed E-state index contributed by atoms with van der Waals surface area (Å²) in [5, 5.41) is 0. The van der Waals surface area contributed by atoms with Gasteiger partial charge in [0.05, 0.1) is 5.92 Å². The van der Waals surface area contributed by atoms with Crippen LogP contribution in [0.15, 0.2) is 0 Å². The standard InChI is InChI=1S/C13H24F3N/c1-3-9(4-2)12(17)10-5-7-11(8-6-10)13(14,15)16/h9-12H,3-8,17H2,1-2H3. The molecule has 0 bridgehead atoms. The van der Waals surface area contributed by atoms with Crippen LogP contribution in [0.25, 0.3) is 0 Å². The van der Waals surface area contributed by atoms with Crippen molar-refractivity contribution in [2.75, 3.05) is 0 Å². The molecule has 102 valence electrons. The van der Waals surface area contributed by atoms with Crippen molar-refractivity contribution in [3.63, 3.8) is 0 Å². The van der Waals surface area contributed by atoms with Crippen molar-refractivity contribution in [3.8, 4) is 0 Å². The van der Waals surface area contributed by atoms with E-state index in [0.717, 1.165) is 12.8 Å². The molecule has 0 spiro atoms. The molecular formula is C13H24F3N. The molecule has 0 heterocycles. The Hall–Kier alpha value is -0.250. The fraction of sp³-hybridized carbons (Fsp3) is 1.00. The van der Waals surface area contributed by atoms with Gasteiger partial charge in [0.2, 0.25) is 0 Å². The molecule has 17 heavy (non-hydrogen) atoms. The molecule has 0 aromatic heterocycles. The van der Waals surface area contributed by atoms with Crippen LogP contribution in [0.1, 0.15) is 52.4 Å². The van der Waals surface area contributed by atoms with E-state index < -0.39 is 12.1 Å². The van der Waals surface area contributed by atoms with E-state index in [9.17, 15) is 13.2 Å². The molecule has 1 atom stereocenters. The summed E-state index contributed by atoms with van der Waals surface area (Å²) in [6, 6.07) is 0.0826. The number of halogens is 3. The number of nitrogens with two attached hydrogens (primary N) is 1. The Labute approximate surface area is 102 Å². The average Bonchev–Trinajstić information content (AvgIpc) is 2.29. The van der Waals surface area contributed by atoms with Gasteiger partial charge in [-0.1, -0.05) is 26.7 Å². The van der Waals surface area contributed by atoms with Gasteiger partial charge < -0.3 is 5.73 Å². The molecule has 2 N–H and O–H groups in total. The van der Waals surface area contributed by atoms with E-state index in [1.54, 1.807) is 0 Å². The third-order valence-electron chi connectivity index (χ3n) is 4.37. The Bertz CT molecular complexity index is 215. The van der Waals surface area contributed by atoms with Crippen LogP contribution in [0.2, 0.25) is 0 Å². The zero-order chi connectivity index (χ0) is 13.1. The average molecular weight is 251 g/mol. The molecule has 1 aliphatic rings. The number of alkyl halides is 3. The van der Waals surface area contributed by atoms with Gasteiger partial charge in [-0.15, -0.1) is 0 Å². The minimum atomic E-state index is -4.01. The number of hydrogen-bond donors (Lipinski definition) is 1. The first-order valence-electron chi connectivity index (χ1n) is 6.72. The minimum absolute atomic E-state index is 0.0826. The maximum atomic E-state index is 12.5. The van der Waals surface area contributed by atoms with E-state index in [-0.39, 0.29) is 18.9 Å². The predicted molar refractivity (Wildman–Crippen MR) is 63.6 cm³/mol. The van der Waals surface area contributed by atoms with E-state index in [4.69, 9.17) is 5.73 Å². The van der Waals surface area contributed by atoms with Crippen LogP contribution in [0, 0.1) is 17.8 Å². The van der Waals surface area contributed by atoms with Crippen LogP contribution in [0.4, 0.5) is 13.2 Å². The van der Waals surface area contributed by atoms with Crippen molar-refractivity contribution in [2.45, 2.75) is 64.6 Å². The molecule has 1 fully saturated rings. The largest absolute Gasteiger partial charge is 0.391 e. The molecule has 0 aromatic carbocycles. The van der Waals surface area contributed by atoms with Crippen LogP contribution < -0.4 is 5.73 Å². The van der Waals surface area contributed by atoms with Crippen molar-refractivity contribution >= 4 is 0 Å². The van der Waals surface area contributed by atoms with Gasteiger partial charge in [0.1, 0.15) is 0 Å². The molecule has 1 nitrogen and oxygen atoms in total. The predicted octanol–water partition coefficient (Wildman–Crippen LogP) is 4.12. The highest BCUT2D eigenvalue weighted by Gasteiger charge is 2.42. The van der Waals surface area contributed by atoms with Crippen LogP contribution in [0.3, 0.4) is 0 Å². The lowest BCUT2D eigenvalue weighted by atomic mass is 9.74. The second-order valence-corrected chi connectivity index (χ2v) is 5.31. The SMILES string of the molecule is CCC(CC)C(N)C1CCC(C(F)(F)F)CC1. The minimum Gasteiger partial charge on any atom is -0.327 e. The summed E-state index contributed by atoms with van der Waals surface area (Å²) < 4.78 is 37.6. The molecule has 0 saturated heterocycles. The molecular weight excluding hydrogens is 227 g/mol. The van der Waals surface area contributed by atoms with E-state index in [1.807, 2.05) is 0 Å². The quantitative estimate of drug-likeness (QED) is 0.799. The lowest BCUT2D eigenvalue weighted by Gasteiger charge is -2.36. The van der Waals surface area contributed by atoms with Gasteiger partial charge in [-0.05, 0) is 37.5 Å². The second-order valence-electron chi connectivity index (χ2n) is 5.31. The molecule has 1 saturated carbocycles. The zero-order valence-electron chi connectivity index (χ0n) is 10.8. The maximum Gasteiger partial charge on any atom is 0.391 e. The van der Waals surface area contributed by atoms with Gasteiger partial charge in [-0.2, -0.15) is 13.2 Å². The normalized spacial score (nSPS) is 28.4. The summed E-state index contributed by atoms with van der Waals surface area (Å²) in [5.74, 6) is -0.339. The van der Waals surface area contributed by atoms with Crippen molar-refractivity contribution in [1.29, 1.82) is 0 Å². The smallest absolute Gasteiger partial charge is 0.327 e. The summed E-state index contributed by atoms with van der Waals surface area (Å²) in [7, 11) is 0. The van der Waals surface area contributed by atoms with Crippen molar-refractivity contribution in [3.05, 3.63) is 0 Å². The van der Waals surface area contributed by atoms with Gasteiger partial charge in [0.15, 0.2) is 0 Å². The van der Waals surface area contributed by atoms with Gasteiger partial charge in [-0.3, -0.25) is 0 Å². The number of rotatable bonds is 4. The number of hydrogen-bond acceptors (Lipinski definition) is 1. The van der Waals surface area contributed by atoms with Crippen LogP contribution >= 0.6 is 0 Å². The zero-order valence-corrected chi connectivity index (χ0v) is 10.8. The van der Waals surface area contributed by atoms with Crippen molar-refractivity contribution in [1.82, 2.24) is 0 Å². The van der Waals surface area contributed by atoms with Crippen molar-refractivity contribution < 1.29 is 13.2 Å². The third-order valence-corrected chi connectivity index (χ3v) is 4.37. The van der Waals surface area contributed by atoms with Crippen LogP contribution in [-0.4, -0.2) is 12.2 Å². The highest BCUT2D eigenvalue weighted by Crippen LogP contribution is 2.41. The summed E-state index contributed by atoms with van der Waals surface area (Å²) >= 11 is 0. The molecule has 0 aliphatic heterocycles. The highest BCUT2D eigenvalue weighted by atomic mass is 19.4. The Kier molecular flexibility index (Phi) is 5.29. The fourth-order valence-electron chi connectivity index (χ4n) is 3.05. The first-order valence-corrected chi connectivity index (χ1v) is 6.72. The Morgan fingerprint density at radius 3 is 1.88 bits per heavy atom. The van der Waals surface area contributed by atoms with Gasteiger partial charge in [0.25, 0.3) is 0 Å². The summed E-state index contributed by atoms with van der Waals surface area (Å²) in [5.41, 5.74) is 6.19. The Balaban J connectivity index is 2.46. The van der Waals surface area contributed by atoms with E-state index in [0.29, 0.717) is 24.7 Å². The summed E-state index contributed by atoms with van der Waals surface area (Å²) in [6.07, 6.45) is -0.147. The topological polar surface area (TPSA) is 26.0 Å². The second kappa shape index (κ2) is 6.07. The Morgan fingerprint density at radius 1 is 1.06 bits per heavy atom. The van der Waals surface area contributed by atoms with Crippen LogP contribution in [0.5, 0.6) is 0 Å². The maximum absolute atomic E-state index is 12.5. The monoisotopic (exact) mass is 251 g/mol. The molecule has 1 rings (SSSR count). The fourth-order valence-corrected chi connectivity index (χ4v) is 3.05. The van der Waals surface area contributed by atoms with Gasteiger partial charge >= 0.3 is 6.18 Å². The molecule has 0 aromatic rings. The Morgan fingerprint density at radius 2 is 1.53 bits per heavy atom. The van der Waals surface area contributed by atoms with Crippen molar-refractivity contribution in [2.24, 2.45) is 23.5 Å². The molecule has 1 unspecified atom stereocenters. The first-order chi connectivity index (χ1) is 7.90. The molecule has 0 amide bonds. The van der Waals surface area contributed by atoms with E-state index in [2.05, 4.69) is 13.8 Å².